The van der Waals surface area contributed by atoms with Crippen LogP contribution in [0.5, 0.6) is 0 Å². The average Bonchev–Trinajstić information content (AvgIpc) is 3.10. The molecule has 4 nitrogen and oxygen atoms in total. The Morgan fingerprint density at radius 2 is 1.72 bits per heavy atom. The van der Waals surface area contributed by atoms with Gasteiger partial charge in [0, 0.05) is 18.2 Å². The van der Waals surface area contributed by atoms with E-state index in [9.17, 15) is 4.79 Å². The van der Waals surface area contributed by atoms with Gasteiger partial charge in [-0.3, -0.25) is 4.79 Å². The standard InChI is InChI=1S/C25H21N3O/c1-17-24(20-10-6-3-7-11-20)25-26-16-21-22(28(25)27-17)14-19(15-23(21)29)13-12-18-8-4-2-5-9-18/h2-13,16,19H,14-15H2,1H3/b13-12+. The SMILES string of the molecule is Cc1nn2c3c(cnc2c1-c1ccccc1)C(=O)CC(/C=C/c1ccccc1)C3. The molecular weight excluding hydrogens is 358 g/mol. The summed E-state index contributed by atoms with van der Waals surface area (Å²) in [4.78, 5) is 17.4. The Kier molecular flexibility index (Phi) is 4.32. The fourth-order valence-corrected chi connectivity index (χ4v) is 4.12. The molecule has 0 saturated heterocycles. The summed E-state index contributed by atoms with van der Waals surface area (Å²) in [7, 11) is 0. The van der Waals surface area contributed by atoms with Gasteiger partial charge in [0.1, 0.15) is 0 Å². The minimum atomic E-state index is 0.137. The molecule has 5 rings (SSSR count). The van der Waals surface area contributed by atoms with Crippen LogP contribution in [0.15, 0.2) is 72.9 Å². The van der Waals surface area contributed by atoms with Crippen LogP contribution >= 0.6 is 0 Å². The molecule has 0 radical (unpaired) electrons. The topological polar surface area (TPSA) is 47.3 Å². The van der Waals surface area contributed by atoms with Crippen molar-refractivity contribution in [1.82, 2.24) is 14.6 Å². The van der Waals surface area contributed by atoms with E-state index >= 15 is 0 Å². The van der Waals surface area contributed by atoms with E-state index in [0.29, 0.717) is 12.0 Å². The van der Waals surface area contributed by atoms with Crippen LogP contribution in [0.4, 0.5) is 0 Å². The molecule has 142 valence electrons. The Bertz CT molecular complexity index is 1220. The van der Waals surface area contributed by atoms with E-state index in [1.54, 1.807) is 6.20 Å². The zero-order valence-electron chi connectivity index (χ0n) is 16.2. The maximum atomic E-state index is 12.8. The second-order valence-corrected chi connectivity index (χ2v) is 7.54. The molecule has 0 N–H and O–H groups in total. The van der Waals surface area contributed by atoms with Gasteiger partial charge in [0.05, 0.1) is 17.0 Å². The third kappa shape index (κ3) is 3.17. The monoisotopic (exact) mass is 379 g/mol. The number of fused-ring (bicyclic) bond motifs is 3. The highest BCUT2D eigenvalue weighted by Gasteiger charge is 2.28. The Morgan fingerprint density at radius 3 is 2.48 bits per heavy atom. The van der Waals surface area contributed by atoms with Crippen molar-refractivity contribution in [2.75, 3.05) is 0 Å². The number of carbonyl (C=O) groups is 1. The van der Waals surface area contributed by atoms with Gasteiger partial charge in [-0.25, -0.2) is 9.50 Å². The molecule has 0 bridgehead atoms. The van der Waals surface area contributed by atoms with Crippen molar-refractivity contribution in [2.24, 2.45) is 5.92 Å². The van der Waals surface area contributed by atoms with Gasteiger partial charge >= 0.3 is 0 Å². The summed E-state index contributed by atoms with van der Waals surface area (Å²) in [5.41, 5.74) is 6.66. The maximum absolute atomic E-state index is 12.8. The molecule has 0 saturated carbocycles. The first-order chi connectivity index (χ1) is 14.2. The summed E-state index contributed by atoms with van der Waals surface area (Å²) in [5, 5.41) is 4.77. The highest BCUT2D eigenvalue weighted by Crippen LogP contribution is 2.32. The summed E-state index contributed by atoms with van der Waals surface area (Å²) in [6.45, 7) is 2.00. The molecule has 2 heterocycles. The Hall–Kier alpha value is -3.53. The quantitative estimate of drug-likeness (QED) is 0.494. The molecule has 29 heavy (non-hydrogen) atoms. The van der Waals surface area contributed by atoms with Crippen molar-refractivity contribution in [3.63, 3.8) is 0 Å². The highest BCUT2D eigenvalue weighted by molar-refractivity contribution is 5.98. The summed E-state index contributed by atoms with van der Waals surface area (Å²) in [6, 6.07) is 20.4. The van der Waals surface area contributed by atoms with E-state index in [1.807, 2.05) is 47.8 Å². The van der Waals surface area contributed by atoms with Gasteiger partial charge in [0.2, 0.25) is 0 Å². The summed E-state index contributed by atoms with van der Waals surface area (Å²) < 4.78 is 1.88. The molecule has 1 aliphatic carbocycles. The number of benzene rings is 2. The van der Waals surface area contributed by atoms with Crippen LogP contribution in [-0.2, 0) is 6.42 Å². The second-order valence-electron chi connectivity index (χ2n) is 7.54. The van der Waals surface area contributed by atoms with Crippen LogP contribution in [0.25, 0.3) is 22.9 Å². The first-order valence-electron chi connectivity index (χ1n) is 9.90. The van der Waals surface area contributed by atoms with Crippen molar-refractivity contribution >= 4 is 17.5 Å². The van der Waals surface area contributed by atoms with Crippen molar-refractivity contribution in [3.8, 4) is 11.1 Å². The average molecular weight is 379 g/mol. The normalized spacial score (nSPS) is 16.4. The first kappa shape index (κ1) is 17.6. The first-order valence-corrected chi connectivity index (χ1v) is 9.90. The molecule has 4 aromatic rings. The minimum absolute atomic E-state index is 0.137. The number of Topliss-reactive ketones (excluding diaryl/α,β-unsaturated/α-hetero) is 1. The lowest BCUT2D eigenvalue weighted by molar-refractivity contribution is 0.0957. The largest absolute Gasteiger partial charge is 0.294 e. The number of hydrogen-bond acceptors (Lipinski definition) is 3. The van der Waals surface area contributed by atoms with Crippen LogP contribution in [0.3, 0.4) is 0 Å². The van der Waals surface area contributed by atoms with Crippen LogP contribution in [0.2, 0.25) is 0 Å². The summed E-state index contributed by atoms with van der Waals surface area (Å²) in [6.07, 6.45) is 7.27. The molecule has 1 unspecified atom stereocenters. The van der Waals surface area contributed by atoms with Gasteiger partial charge in [-0.1, -0.05) is 72.8 Å². The Balaban J connectivity index is 1.57. The second kappa shape index (κ2) is 7.13. The van der Waals surface area contributed by atoms with Gasteiger partial charge in [-0.2, -0.15) is 5.10 Å². The fraction of sp³-hybridized carbons (Fsp3) is 0.160. The molecule has 1 atom stereocenters. The molecular formula is C25H21N3O. The smallest absolute Gasteiger partial charge is 0.166 e. The molecule has 2 aromatic carbocycles. The fourth-order valence-electron chi connectivity index (χ4n) is 4.12. The van der Waals surface area contributed by atoms with Gasteiger partial charge in [-0.15, -0.1) is 0 Å². The summed E-state index contributed by atoms with van der Waals surface area (Å²) in [5.74, 6) is 0.295. The van der Waals surface area contributed by atoms with Crippen LogP contribution in [0.1, 0.15) is 33.7 Å². The number of ketones is 1. The Labute approximate surface area is 169 Å². The molecule has 2 aromatic heterocycles. The van der Waals surface area contributed by atoms with E-state index in [-0.39, 0.29) is 11.7 Å². The maximum Gasteiger partial charge on any atom is 0.166 e. The van der Waals surface area contributed by atoms with Crippen LogP contribution in [0, 0.1) is 12.8 Å². The lowest BCUT2D eigenvalue weighted by Crippen LogP contribution is -2.22. The zero-order valence-corrected chi connectivity index (χ0v) is 16.2. The van der Waals surface area contributed by atoms with Crippen LogP contribution < -0.4 is 0 Å². The highest BCUT2D eigenvalue weighted by atomic mass is 16.1. The molecule has 0 fully saturated rings. The lowest BCUT2D eigenvalue weighted by Gasteiger charge is -2.21. The van der Waals surface area contributed by atoms with Crippen molar-refractivity contribution in [1.29, 1.82) is 0 Å². The van der Waals surface area contributed by atoms with E-state index < -0.39 is 0 Å². The summed E-state index contributed by atoms with van der Waals surface area (Å²) >= 11 is 0. The van der Waals surface area contributed by atoms with Gasteiger partial charge in [-0.05, 0) is 30.4 Å². The van der Waals surface area contributed by atoms with E-state index in [4.69, 9.17) is 5.10 Å². The van der Waals surface area contributed by atoms with Crippen molar-refractivity contribution in [3.05, 3.63) is 95.5 Å². The van der Waals surface area contributed by atoms with E-state index in [0.717, 1.165) is 40.1 Å². The number of aromatic nitrogens is 3. The number of aryl methyl sites for hydroxylation is 1. The third-order valence-electron chi connectivity index (χ3n) is 5.54. The van der Waals surface area contributed by atoms with Crippen molar-refractivity contribution in [2.45, 2.75) is 19.8 Å². The number of hydrogen-bond donors (Lipinski definition) is 0. The molecule has 0 spiro atoms. The van der Waals surface area contributed by atoms with Gasteiger partial charge < -0.3 is 0 Å². The van der Waals surface area contributed by atoms with E-state index in [2.05, 4.69) is 41.4 Å². The molecule has 0 aliphatic heterocycles. The lowest BCUT2D eigenvalue weighted by atomic mass is 9.86. The minimum Gasteiger partial charge on any atom is -0.294 e. The van der Waals surface area contributed by atoms with Gasteiger partial charge in [0.15, 0.2) is 11.4 Å². The van der Waals surface area contributed by atoms with E-state index in [1.165, 1.54) is 0 Å². The zero-order chi connectivity index (χ0) is 19.8. The molecule has 4 heteroatoms. The molecule has 1 aliphatic rings. The number of allylic oxidation sites excluding steroid dienone is 1. The predicted octanol–water partition coefficient (Wildman–Crippen LogP) is 5.16. The van der Waals surface area contributed by atoms with Gasteiger partial charge in [0.25, 0.3) is 0 Å². The number of rotatable bonds is 3. The Morgan fingerprint density at radius 1 is 1.00 bits per heavy atom. The number of nitrogens with zero attached hydrogens (tertiary/aromatic N) is 3. The van der Waals surface area contributed by atoms with Crippen LogP contribution in [-0.4, -0.2) is 20.4 Å². The molecule has 0 amide bonds. The predicted molar refractivity (Wildman–Crippen MR) is 115 cm³/mol. The van der Waals surface area contributed by atoms with Crippen molar-refractivity contribution < 1.29 is 4.79 Å². The number of carbonyl (C=O) groups excluding carboxylic acids is 1. The third-order valence-corrected chi connectivity index (χ3v) is 5.54.